The summed E-state index contributed by atoms with van der Waals surface area (Å²) in [5, 5.41) is 20.3. The lowest BCUT2D eigenvalue weighted by molar-refractivity contribution is -0.0227. The number of hydrogen-bond donors (Lipinski definition) is 2. The van der Waals surface area contributed by atoms with Crippen LogP contribution in [0.2, 0.25) is 0 Å². The molecule has 3 aliphatic carbocycles. The molecule has 2 fully saturated rings. The van der Waals surface area contributed by atoms with Gasteiger partial charge < -0.3 is 10.2 Å². The highest BCUT2D eigenvalue weighted by Crippen LogP contribution is 2.61. The molecule has 0 radical (unpaired) electrons. The van der Waals surface area contributed by atoms with Crippen LogP contribution in [0.25, 0.3) is 0 Å². The first-order valence-corrected chi connectivity index (χ1v) is 8.51. The van der Waals surface area contributed by atoms with Gasteiger partial charge in [-0.25, -0.2) is 0 Å². The molecule has 0 aromatic heterocycles. The van der Waals surface area contributed by atoms with Crippen LogP contribution in [0.5, 0.6) is 5.75 Å². The highest BCUT2D eigenvalue weighted by atomic mass is 16.3. The predicted octanol–water partition coefficient (Wildman–Crippen LogP) is 3.92. The van der Waals surface area contributed by atoms with Crippen molar-refractivity contribution < 1.29 is 10.2 Å². The molecule has 2 nitrogen and oxygen atoms in total. The number of rotatable bonds is 0. The first-order chi connectivity index (χ1) is 10.0. The van der Waals surface area contributed by atoms with E-state index in [1.807, 2.05) is 12.1 Å². The molecule has 2 saturated carbocycles. The van der Waals surface area contributed by atoms with Crippen molar-refractivity contribution in [2.75, 3.05) is 0 Å². The minimum absolute atomic E-state index is 0.0919. The maximum absolute atomic E-state index is 10.4. The third-order valence-electron chi connectivity index (χ3n) is 6.96. The maximum atomic E-state index is 10.4. The van der Waals surface area contributed by atoms with Gasteiger partial charge in [0.25, 0.3) is 0 Å². The van der Waals surface area contributed by atoms with E-state index in [-0.39, 0.29) is 11.5 Å². The summed E-state index contributed by atoms with van der Waals surface area (Å²) in [5.41, 5.74) is 4.31. The third-order valence-corrected chi connectivity index (χ3v) is 6.96. The zero-order valence-electron chi connectivity index (χ0n) is 13.1. The normalized spacial score (nSPS) is 41.3. The van der Waals surface area contributed by atoms with Crippen LogP contribution < -0.4 is 0 Å². The summed E-state index contributed by atoms with van der Waals surface area (Å²) in [6.07, 6.45) is 6.78. The van der Waals surface area contributed by atoms with Crippen LogP contribution in [-0.4, -0.2) is 16.3 Å². The van der Waals surface area contributed by atoms with E-state index < -0.39 is 0 Å². The van der Waals surface area contributed by atoms with Crippen LogP contribution in [0.3, 0.4) is 0 Å². The first kappa shape index (κ1) is 13.6. The highest BCUT2D eigenvalue weighted by molar-refractivity contribution is 5.45. The van der Waals surface area contributed by atoms with Crippen LogP contribution in [0.4, 0.5) is 0 Å². The second-order valence-corrected chi connectivity index (χ2v) is 7.89. The Hall–Kier alpha value is -1.02. The fourth-order valence-corrected chi connectivity index (χ4v) is 5.93. The second kappa shape index (κ2) is 4.49. The number of fused-ring (bicyclic) bond motifs is 5. The van der Waals surface area contributed by atoms with Crippen LogP contribution in [-0.2, 0) is 6.42 Å². The van der Waals surface area contributed by atoms with Gasteiger partial charge in [0, 0.05) is 0 Å². The van der Waals surface area contributed by atoms with E-state index >= 15 is 0 Å². The fraction of sp³-hybridized carbons (Fsp3) is 0.684. The summed E-state index contributed by atoms with van der Waals surface area (Å²) in [6.45, 7) is 4.48. The van der Waals surface area contributed by atoms with Crippen molar-refractivity contribution in [2.45, 2.75) is 64.4 Å². The summed E-state index contributed by atoms with van der Waals surface area (Å²) in [5.74, 6) is 2.49. The number of hydrogen-bond acceptors (Lipinski definition) is 2. The van der Waals surface area contributed by atoms with Gasteiger partial charge in [-0.1, -0.05) is 6.92 Å². The molecule has 0 amide bonds. The molecule has 0 heterocycles. The Kier molecular flexibility index (Phi) is 2.91. The molecule has 3 aliphatic rings. The topological polar surface area (TPSA) is 40.5 Å². The predicted molar refractivity (Wildman–Crippen MR) is 83.5 cm³/mol. The van der Waals surface area contributed by atoms with E-state index in [1.54, 1.807) is 0 Å². The number of benzene rings is 1. The van der Waals surface area contributed by atoms with E-state index in [9.17, 15) is 10.2 Å². The number of aryl methyl sites for hydroxylation is 2. The Bertz CT molecular complexity index is 579. The zero-order valence-corrected chi connectivity index (χ0v) is 13.1. The number of phenolic OH excluding ortho intramolecular Hbond substituents is 1. The van der Waals surface area contributed by atoms with Crippen LogP contribution in [0, 0.1) is 24.2 Å². The largest absolute Gasteiger partial charge is 0.508 e. The monoisotopic (exact) mass is 286 g/mol. The second-order valence-electron chi connectivity index (χ2n) is 7.89. The highest BCUT2D eigenvalue weighted by Gasteiger charge is 2.54. The van der Waals surface area contributed by atoms with Gasteiger partial charge in [-0.3, -0.25) is 0 Å². The van der Waals surface area contributed by atoms with Gasteiger partial charge in [0.1, 0.15) is 5.75 Å². The summed E-state index contributed by atoms with van der Waals surface area (Å²) < 4.78 is 0. The molecule has 0 saturated heterocycles. The molecule has 2 heteroatoms. The minimum atomic E-state index is -0.0919. The molecule has 114 valence electrons. The van der Waals surface area contributed by atoms with Crippen molar-refractivity contribution >= 4 is 0 Å². The Morgan fingerprint density at radius 3 is 2.76 bits per heavy atom. The van der Waals surface area contributed by atoms with Gasteiger partial charge in [-0.05, 0) is 97.4 Å². The van der Waals surface area contributed by atoms with Crippen LogP contribution in [0.15, 0.2) is 12.1 Å². The summed E-state index contributed by atoms with van der Waals surface area (Å²) in [6, 6.07) is 3.91. The first-order valence-electron chi connectivity index (χ1n) is 8.51. The molecule has 5 atom stereocenters. The van der Waals surface area contributed by atoms with Crippen molar-refractivity contribution in [1.29, 1.82) is 0 Å². The SMILES string of the molecule is Cc1cc(O)cc2c1[C@@H]1CC[C@]3(C)[C@H](CC[C@@H]3O)[C@@H]1CC2. The molecule has 0 spiro atoms. The third kappa shape index (κ3) is 1.81. The van der Waals surface area contributed by atoms with Gasteiger partial charge in [0.15, 0.2) is 0 Å². The Morgan fingerprint density at radius 2 is 1.95 bits per heavy atom. The van der Waals surface area contributed by atoms with Gasteiger partial charge >= 0.3 is 0 Å². The molecular weight excluding hydrogens is 260 g/mol. The van der Waals surface area contributed by atoms with E-state index in [1.165, 1.54) is 36.0 Å². The van der Waals surface area contributed by atoms with Gasteiger partial charge in [-0.2, -0.15) is 0 Å². The van der Waals surface area contributed by atoms with E-state index in [0.29, 0.717) is 17.6 Å². The lowest BCUT2D eigenvalue weighted by atomic mass is 9.55. The average Bonchev–Trinajstić information content (AvgIpc) is 2.74. The van der Waals surface area contributed by atoms with E-state index in [0.717, 1.165) is 25.2 Å². The minimum Gasteiger partial charge on any atom is -0.508 e. The number of aromatic hydroxyl groups is 1. The zero-order chi connectivity index (χ0) is 14.8. The Morgan fingerprint density at radius 1 is 1.14 bits per heavy atom. The van der Waals surface area contributed by atoms with Crippen LogP contribution >= 0.6 is 0 Å². The summed E-state index contributed by atoms with van der Waals surface area (Å²) in [7, 11) is 0. The fourth-order valence-electron chi connectivity index (χ4n) is 5.93. The van der Waals surface area contributed by atoms with Gasteiger partial charge in [-0.15, -0.1) is 0 Å². The standard InChI is InChI=1S/C19H26O2/c1-11-9-13(20)10-12-3-4-14-15(18(11)12)7-8-19(2)16(14)5-6-17(19)21/h9-10,14-17,20-21H,3-8H2,1-2H3/t14-,15-,16-,17+,19-/m1/s1. The van der Waals surface area contributed by atoms with Gasteiger partial charge in [0.05, 0.1) is 6.10 Å². The summed E-state index contributed by atoms with van der Waals surface area (Å²) in [4.78, 5) is 0. The van der Waals surface area contributed by atoms with Crippen molar-refractivity contribution in [3.63, 3.8) is 0 Å². The van der Waals surface area contributed by atoms with Crippen molar-refractivity contribution in [3.8, 4) is 5.75 Å². The molecule has 0 unspecified atom stereocenters. The summed E-state index contributed by atoms with van der Waals surface area (Å²) >= 11 is 0. The maximum Gasteiger partial charge on any atom is 0.116 e. The molecule has 1 aromatic carbocycles. The molecule has 21 heavy (non-hydrogen) atoms. The lowest BCUT2D eigenvalue weighted by Crippen LogP contribution is -2.44. The number of aliphatic hydroxyl groups is 1. The van der Waals surface area contributed by atoms with Crippen LogP contribution in [0.1, 0.15) is 61.6 Å². The Labute approximate surface area is 127 Å². The number of aliphatic hydroxyl groups excluding tert-OH is 1. The van der Waals surface area contributed by atoms with Crippen molar-refractivity contribution in [3.05, 3.63) is 28.8 Å². The van der Waals surface area contributed by atoms with E-state index in [4.69, 9.17) is 0 Å². The molecular formula is C19H26O2. The molecule has 2 N–H and O–H groups in total. The van der Waals surface area contributed by atoms with Gasteiger partial charge in [0.2, 0.25) is 0 Å². The number of phenols is 1. The quantitative estimate of drug-likeness (QED) is 0.759. The molecule has 1 aromatic rings. The molecule has 0 bridgehead atoms. The molecule has 0 aliphatic heterocycles. The molecule has 4 rings (SSSR count). The van der Waals surface area contributed by atoms with E-state index in [2.05, 4.69) is 13.8 Å². The average molecular weight is 286 g/mol. The van der Waals surface area contributed by atoms with Crippen molar-refractivity contribution in [1.82, 2.24) is 0 Å². The smallest absolute Gasteiger partial charge is 0.116 e. The van der Waals surface area contributed by atoms with Crippen molar-refractivity contribution in [2.24, 2.45) is 17.3 Å². The lowest BCUT2D eigenvalue weighted by Gasteiger charge is -2.50. The Balaban J connectivity index is 1.75.